The fourth-order valence-corrected chi connectivity index (χ4v) is 3.23. The zero-order valence-corrected chi connectivity index (χ0v) is 15.4. The predicted molar refractivity (Wildman–Crippen MR) is 93.1 cm³/mol. The second kappa shape index (κ2) is 13.0. The number of hydrogen-bond donors (Lipinski definition) is 0. The summed E-state index contributed by atoms with van der Waals surface area (Å²) in [5.74, 6) is 0. The molecule has 0 amide bonds. The number of nitrogens with zero attached hydrogens (tertiary/aromatic N) is 1. The van der Waals surface area contributed by atoms with Gasteiger partial charge in [-0.1, -0.05) is 78.1 Å². The summed E-state index contributed by atoms with van der Waals surface area (Å²) in [7, 11) is 4.21. The van der Waals surface area contributed by atoms with Crippen molar-refractivity contribution in [3.63, 3.8) is 0 Å². The van der Waals surface area contributed by atoms with Crippen LogP contribution in [0.5, 0.6) is 0 Å². The maximum atomic E-state index is 6.37. The Labute approximate surface area is 133 Å². The number of quaternary nitrogens is 1. The van der Waals surface area contributed by atoms with Gasteiger partial charge in [-0.3, -0.25) is 0 Å². The molecule has 0 spiro atoms. The van der Waals surface area contributed by atoms with Gasteiger partial charge >= 0.3 is 0 Å². The molecule has 20 heavy (non-hydrogen) atoms. The molecule has 0 aliphatic rings. The summed E-state index contributed by atoms with van der Waals surface area (Å²) in [6.45, 7) is 4.54. The van der Waals surface area contributed by atoms with Crippen molar-refractivity contribution in [3.8, 4) is 0 Å². The van der Waals surface area contributed by atoms with Crippen LogP contribution < -0.4 is 0 Å². The molecule has 0 aliphatic carbocycles. The van der Waals surface area contributed by atoms with Gasteiger partial charge in [0.25, 0.3) is 0 Å². The fourth-order valence-electron chi connectivity index (χ4n) is 2.99. The van der Waals surface area contributed by atoms with E-state index in [1.165, 1.54) is 83.5 Å². The normalized spacial score (nSPS) is 13.7. The van der Waals surface area contributed by atoms with Crippen molar-refractivity contribution in [2.45, 2.75) is 103 Å². The van der Waals surface area contributed by atoms with E-state index in [0.717, 1.165) is 0 Å². The Kier molecular flexibility index (Phi) is 13.1. The summed E-state index contributed by atoms with van der Waals surface area (Å²) in [5.41, 5.74) is 0. The van der Waals surface area contributed by atoms with Crippen molar-refractivity contribution in [1.29, 1.82) is 0 Å². The minimum Gasteiger partial charge on any atom is -0.224 e. The molecule has 0 saturated carbocycles. The molecule has 0 radical (unpaired) electrons. The Morgan fingerprint density at radius 1 is 0.700 bits per heavy atom. The van der Waals surface area contributed by atoms with E-state index < -0.39 is 0 Å². The highest BCUT2D eigenvalue weighted by Crippen LogP contribution is 2.21. The number of unbranched alkanes of at least 4 members (excludes halogenated alkanes) is 10. The van der Waals surface area contributed by atoms with E-state index in [0.29, 0.717) is 10.0 Å². The van der Waals surface area contributed by atoms with E-state index in [1.807, 2.05) is 0 Å². The van der Waals surface area contributed by atoms with Crippen molar-refractivity contribution in [1.82, 2.24) is 0 Å². The first kappa shape index (κ1) is 20.2. The van der Waals surface area contributed by atoms with Crippen LogP contribution in [0, 0.1) is 0 Å². The maximum Gasteiger partial charge on any atom is 0.165 e. The Bertz CT molecular complexity index is 198. The summed E-state index contributed by atoms with van der Waals surface area (Å²) in [6, 6.07) is 0.621. The van der Waals surface area contributed by atoms with Gasteiger partial charge in [-0.15, -0.1) is 0 Å². The molecule has 2 heteroatoms. The summed E-state index contributed by atoms with van der Waals surface area (Å²) in [5, 5.41) is 0. The van der Waals surface area contributed by atoms with E-state index in [2.05, 4.69) is 27.9 Å². The van der Waals surface area contributed by atoms with Gasteiger partial charge in [0, 0.05) is 6.42 Å². The molecule has 0 rings (SSSR count). The highest BCUT2D eigenvalue weighted by atomic mass is 35.5. The molecule has 0 heterocycles. The number of halogens is 1. The van der Waals surface area contributed by atoms with Crippen molar-refractivity contribution >= 4 is 11.8 Å². The molecule has 0 aromatic rings. The molecule has 1 unspecified atom stereocenters. The maximum absolute atomic E-state index is 6.37. The van der Waals surface area contributed by atoms with E-state index >= 15 is 0 Å². The second-order valence-corrected chi connectivity index (χ2v) is 7.66. The van der Waals surface area contributed by atoms with Crippen LogP contribution in [-0.4, -0.2) is 24.1 Å². The second-order valence-electron chi connectivity index (χ2n) is 6.79. The van der Waals surface area contributed by atoms with Gasteiger partial charge < -0.3 is 0 Å². The van der Waals surface area contributed by atoms with Crippen molar-refractivity contribution in [2.75, 3.05) is 14.1 Å². The average Bonchev–Trinajstić information content (AvgIpc) is 2.38. The molecular weight excluding hydrogens is 266 g/mol. The summed E-state index contributed by atoms with van der Waals surface area (Å²) in [4.78, 5) is 0. The molecule has 0 aromatic heterocycles. The third-order valence-corrected chi connectivity index (χ3v) is 4.76. The lowest BCUT2D eigenvalue weighted by atomic mass is 10.0. The monoisotopic (exact) mass is 304 g/mol. The Balaban J connectivity index is 3.28. The molecule has 0 N–H and O–H groups in total. The minimum absolute atomic E-state index is 0.605. The fraction of sp³-hybridized carbons (Fsp3) is 1.00. The molecule has 1 atom stereocenters. The average molecular weight is 305 g/mol. The van der Waals surface area contributed by atoms with Gasteiger partial charge in [0.15, 0.2) is 11.8 Å². The van der Waals surface area contributed by atoms with E-state index in [4.69, 9.17) is 11.8 Å². The smallest absolute Gasteiger partial charge is 0.165 e. The number of rotatable bonds is 14. The highest BCUT2D eigenvalue weighted by molar-refractivity contribution is 6.06. The molecular formula is C18H39ClN+. The van der Waals surface area contributed by atoms with Crippen LogP contribution in [0.2, 0.25) is 0 Å². The topological polar surface area (TPSA) is 0 Å². The third kappa shape index (κ3) is 12.0. The van der Waals surface area contributed by atoms with E-state index in [9.17, 15) is 0 Å². The quantitative estimate of drug-likeness (QED) is 0.247. The Morgan fingerprint density at radius 2 is 1.10 bits per heavy atom. The van der Waals surface area contributed by atoms with Crippen molar-refractivity contribution < 1.29 is 4.00 Å². The lowest BCUT2D eigenvalue weighted by Gasteiger charge is -2.28. The molecule has 0 fully saturated rings. The lowest BCUT2D eigenvalue weighted by Crippen LogP contribution is -2.39. The highest BCUT2D eigenvalue weighted by Gasteiger charge is 2.24. The molecule has 1 nitrogen and oxygen atoms in total. The summed E-state index contributed by atoms with van der Waals surface area (Å²) >= 11 is 6.37. The van der Waals surface area contributed by atoms with Crippen LogP contribution >= 0.6 is 11.8 Å². The van der Waals surface area contributed by atoms with Crippen molar-refractivity contribution in [3.05, 3.63) is 0 Å². The molecule has 0 bridgehead atoms. The summed E-state index contributed by atoms with van der Waals surface area (Å²) in [6.07, 6.45) is 18.1. The van der Waals surface area contributed by atoms with Crippen molar-refractivity contribution in [2.24, 2.45) is 0 Å². The minimum atomic E-state index is 0.605. The molecule has 0 aliphatic heterocycles. The first-order valence-electron chi connectivity index (χ1n) is 9.05. The van der Waals surface area contributed by atoms with Crippen LogP contribution in [0.25, 0.3) is 0 Å². The van der Waals surface area contributed by atoms with Crippen LogP contribution in [0.4, 0.5) is 0 Å². The Morgan fingerprint density at radius 3 is 1.45 bits per heavy atom. The van der Waals surface area contributed by atoms with E-state index in [-0.39, 0.29) is 0 Å². The number of hydrogen-bond acceptors (Lipinski definition) is 0. The molecule has 0 aromatic carbocycles. The molecule has 0 saturated heterocycles. The first-order chi connectivity index (χ1) is 9.52. The predicted octanol–water partition coefficient (Wildman–Crippen LogP) is 6.70. The van der Waals surface area contributed by atoms with Crippen LogP contribution in [-0.2, 0) is 0 Å². The third-order valence-electron chi connectivity index (χ3n) is 4.48. The molecule has 122 valence electrons. The van der Waals surface area contributed by atoms with Gasteiger partial charge in [-0.05, 0) is 12.8 Å². The van der Waals surface area contributed by atoms with Crippen LogP contribution in [0.1, 0.15) is 97.3 Å². The largest absolute Gasteiger partial charge is 0.224 e. The van der Waals surface area contributed by atoms with Gasteiger partial charge in [0.1, 0.15) is 6.04 Å². The van der Waals surface area contributed by atoms with Gasteiger partial charge in [0.05, 0.1) is 14.1 Å². The first-order valence-corrected chi connectivity index (χ1v) is 9.39. The zero-order valence-electron chi connectivity index (χ0n) is 14.6. The SMILES string of the molecule is CCCCCCCCCCCCCC(CC)[N+](C)(C)Cl. The van der Waals surface area contributed by atoms with Gasteiger partial charge in [-0.2, -0.15) is 0 Å². The van der Waals surface area contributed by atoms with Gasteiger partial charge in [-0.25, -0.2) is 4.00 Å². The summed E-state index contributed by atoms with van der Waals surface area (Å²) < 4.78 is 0.605. The van der Waals surface area contributed by atoms with E-state index in [1.54, 1.807) is 0 Å². The van der Waals surface area contributed by atoms with Crippen LogP contribution in [0.15, 0.2) is 0 Å². The standard InChI is InChI=1S/C18H39ClN/c1-5-7-8-9-10-11-12-13-14-15-16-17-18(6-2)20(3,4)19/h18H,5-17H2,1-4H3/q+1. The van der Waals surface area contributed by atoms with Gasteiger partial charge in [0.2, 0.25) is 0 Å². The zero-order chi connectivity index (χ0) is 15.3. The Hall–Kier alpha value is 0.250. The van der Waals surface area contributed by atoms with Crippen LogP contribution in [0.3, 0.4) is 0 Å². The lowest BCUT2D eigenvalue weighted by molar-refractivity contribution is -0.801.